The Kier molecular flexibility index (Phi) is 8.07. The van der Waals surface area contributed by atoms with Crippen LogP contribution in [-0.2, 0) is 6.42 Å². The summed E-state index contributed by atoms with van der Waals surface area (Å²) in [5.41, 5.74) is 1.32. The van der Waals surface area contributed by atoms with E-state index in [-0.39, 0.29) is 18.4 Å². The molecule has 2 rings (SSSR count). The summed E-state index contributed by atoms with van der Waals surface area (Å²) in [6.45, 7) is 2.52. The van der Waals surface area contributed by atoms with E-state index in [1.54, 1.807) is 0 Å². The summed E-state index contributed by atoms with van der Waals surface area (Å²) in [6.07, 6.45) is 4.35. The maximum Gasteiger partial charge on any atom is 0.314 e. The van der Waals surface area contributed by atoms with Crippen molar-refractivity contribution in [3.63, 3.8) is 0 Å². The minimum Gasteiger partial charge on any atom is -0.338 e. The Morgan fingerprint density at radius 2 is 2.05 bits per heavy atom. The molecule has 0 bridgehead atoms. The van der Waals surface area contributed by atoms with Crippen LogP contribution in [-0.4, -0.2) is 31.7 Å². The van der Waals surface area contributed by atoms with Crippen molar-refractivity contribution >= 4 is 18.4 Å². The van der Waals surface area contributed by atoms with E-state index in [9.17, 15) is 4.79 Å². The van der Waals surface area contributed by atoms with Crippen molar-refractivity contribution in [1.29, 1.82) is 0 Å². The number of urea groups is 1. The Morgan fingerprint density at radius 1 is 1.25 bits per heavy atom. The summed E-state index contributed by atoms with van der Waals surface area (Å²) in [5.74, 6) is 0. The van der Waals surface area contributed by atoms with Crippen molar-refractivity contribution in [2.75, 3.05) is 19.6 Å². The van der Waals surface area contributed by atoms with Gasteiger partial charge in [-0.25, -0.2) is 4.79 Å². The molecule has 1 atom stereocenters. The van der Waals surface area contributed by atoms with Crippen LogP contribution in [0.1, 0.15) is 24.8 Å². The zero-order valence-electron chi connectivity index (χ0n) is 11.7. The number of rotatable bonds is 6. The quantitative estimate of drug-likeness (QED) is 0.704. The smallest absolute Gasteiger partial charge is 0.314 e. The highest BCUT2D eigenvalue weighted by Gasteiger charge is 2.14. The maximum absolute atomic E-state index is 11.6. The number of benzene rings is 1. The number of hydrogen-bond donors (Lipinski definition) is 3. The minimum absolute atomic E-state index is 0. The average molecular weight is 298 g/mol. The number of hydrogen-bond acceptors (Lipinski definition) is 2. The first-order chi connectivity index (χ1) is 9.34. The van der Waals surface area contributed by atoms with Crippen LogP contribution < -0.4 is 16.0 Å². The topological polar surface area (TPSA) is 53.2 Å². The standard InChI is InChI=1S/C15H23N3O.ClH/c19-15(18-12-14-9-5-10-16-14)17-11-4-8-13-6-2-1-3-7-13;/h1-3,6-7,14,16H,4-5,8-12H2,(H2,17,18,19);1H/t14-;/m0./s1. The third-order valence-corrected chi connectivity index (χ3v) is 3.44. The van der Waals surface area contributed by atoms with E-state index in [1.165, 1.54) is 12.0 Å². The van der Waals surface area contributed by atoms with Crippen molar-refractivity contribution in [3.05, 3.63) is 35.9 Å². The SMILES string of the molecule is Cl.O=C(NCCCc1ccccc1)NC[C@@H]1CCCN1. The van der Waals surface area contributed by atoms with Crippen LogP contribution in [0.4, 0.5) is 4.79 Å². The molecule has 0 radical (unpaired) electrons. The first-order valence-corrected chi connectivity index (χ1v) is 7.13. The Balaban J connectivity index is 0.00000200. The molecular weight excluding hydrogens is 274 g/mol. The molecule has 0 saturated carbocycles. The number of aryl methyl sites for hydroxylation is 1. The predicted molar refractivity (Wildman–Crippen MR) is 84.4 cm³/mol. The van der Waals surface area contributed by atoms with E-state index in [4.69, 9.17) is 0 Å². The molecule has 5 heteroatoms. The van der Waals surface area contributed by atoms with Gasteiger partial charge in [0.25, 0.3) is 0 Å². The Bertz CT molecular complexity index is 380. The van der Waals surface area contributed by atoms with Crippen LogP contribution in [0.2, 0.25) is 0 Å². The van der Waals surface area contributed by atoms with Gasteiger partial charge < -0.3 is 16.0 Å². The molecule has 3 N–H and O–H groups in total. The molecule has 0 aromatic heterocycles. The lowest BCUT2D eigenvalue weighted by Crippen LogP contribution is -2.42. The molecule has 1 aliphatic rings. The van der Waals surface area contributed by atoms with Crippen LogP contribution in [0.5, 0.6) is 0 Å². The number of nitrogens with one attached hydrogen (secondary N) is 3. The summed E-state index contributed by atoms with van der Waals surface area (Å²) in [4.78, 5) is 11.6. The Morgan fingerprint density at radius 3 is 2.75 bits per heavy atom. The molecule has 1 aromatic rings. The largest absolute Gasteiger partial charge is 0.338 e. The predicted octanol–water partition coefficient (Wildman–Crippen LogP) is 2.09. The highest BCUT2D eigenvalue weighted by molar-refractivity contribution is 5.85. The molecular formula is C15H24ClN3O. The van der Waals surface area contributed by atoms with E-state index in [1.807, 2.05) is 18.2 Å². The second-order valence-corrected chi connectivity index (χ2v) is 5.02. The van der Waals surface area contributed by atoms with Gasteiger partial charge in [-0.15, -0.1) is 12.4 Å². The molecule has 4 nitrogen and oxygen atoms in total. The summed E-state index contributed by atoms with van der Waals surface area (Å²) in [7, 11) is 0. The first-order valence-electron chi connectivity index (χ1n) is 7.13. The summed E-state index contributed by atoms with van der Waals surface area (Å²) in [6, 6.07) is 10.7. The van der Waals surface area contributed by atoms with Gasteiger partial charge in [0.2, 0.25) is 0 Å². The van der Waals surface area contributed by atoms with Gasteiger partial charge in [0.05, 0.1) is 0 Å². The van der Waals surface area contributed by atoms with Gasteiger partial charge >= 0.3 is 6.03 Å². The van der Waals surface area contributed by atoms with Gasteiger partial charge in [0, 0.05) is 19.1 Å². The van der Waals surface area contributed by atoms with E-state index in [2.05, 4.69) is 28.1 Å². The molecule has 112 valence electrons. The molecule has 1 fully saturated rings. The van der Waals surface area contributed by atoms with Crippen molar-refractivity contribution in [3.8, 4) is 0 Å². The summed E-state index contributed by atoms with van der Waals surface area (Å²) in [5, 5.41) is 9.17. The lowest BCUT2D eigenvalue weighted by Gasteiger charge is -2.12. The van der Waals surface area contributed by atoms with E-state index in [0.717, 1.165) is 38.9 Å². The second-order valence-electron chi connectivity index (χ2n) is 5.02. The highest BCUT2D eigenvalue weighted by atomic mass is 35.5. The van der Waals surface area contributed by atoms with Gasteiger partial charge in [-0.1, -0.05) is 30.3 Å². The molecule has 1 aliphatic heterocycles. The molecule has 1 aromatic carbocycles. The van der Waals surface area contributed by atoms with E-state index >= 15 is 0 Å². The van der Waals surface area contributed by atoms with E-state index in [0.29, 0.717) is 6.04 Å². The number of carbonyl (C=O) groups excluding carboxylic acids is 1. The van der Waals surface area contributed by atoms with Crippen LogP contribution in [0.15, 0.2) is 30.3 Å². The molecule has 1 saturated heterocycles. The molecule has 0 spiro atoms. The lowest BCUT2D eigenvalue weighted by molar-refractivity contribution is 0.239. The molecule has 0 aliphatic carbocycles. The third kappa shape index (κ3) is 6.26. The van der Waals surface area contributed by atoms with Crippen molar-refractivity contribution in [2.24, 2.45) is 0 Å². The van der Waals surface area contributed by atoms with Crippen molar-refractivity contribution < 1.29 is 4.79 Å². The van der Waals surface area contributed by atoms with Gasteiger partial charge in [0.1, 0.15) is 0 Å². The number of carbonyl (C=O) groups is 1. The fourth-order valence-corrected chi connectivity index (χ4v) is 2.35. The Labute approximate surface area is 127 Å². The second kappa shape index (κ2) is 9.61. The van der Waals surface area contributed by atoms with Gasteiger partial charge in [-0.3, -0.25) is 0 Å². The Hall–Kier alpha value is -1.26. The lowest BCUT2D eigenvalue weighted by atomic mass is 10.1. The zero-order chi connectivity index (χ0) is 13.3. The molecule has 0 unspecified atom stereocenters. The van der Waals surface area contributed by atoms with Crippen LogP contribution in [0.25, 0.3) is 0 Å². The van der Waals surface area contributed by atoms with Gasteiger partial charge in [-0.2, -0.15) is 0 Å². The highest BCUT2D eigenvalue weighted by Crippen LogP contribution is 2.03. The zero-order valence-corrected chi connectivity index (χ0v) is 12.5. The third-order valence-electron chi connectivity index (χ3n) is 3.44. The summed E-state index contributed by atoms with van der Waals surface area (Å²) < 4.78 is 0. The molecule has 1 heterocycles. The maximum atomic E-state index is 11.6. The number of halogens is 1. The van der Waals surface area contributed by atoms with Crippen molar-refractivity contribution in [1.82, 2.24) is 16.0 Å². The number of amides is 2. The molecule has 2 amide bonds. The van der Waals surface area contributed by atoms with Crippen molar-refractivity contribution in [2.45, 2.75) is 31.7 Å². The van der Waals surface area contributed by atoms with Crippen LogP contribution in [0.3, 0.4) is 0 Å². The minimum atomic E-state index is -0.0539. The average Bonchev–Trinajstić information content (AvgIpc) is 2.96. The fourth-order valence-electron chi connectivity index (χ4n) is 2.35. The van der Waals surface area contributed by atoms with Gasteiger partial charge in [-0.05, 0) is 37.8 Å². The van der Waals surface area contributed by atoms with Gasteiger partial charge in [0.15, 0.2) is 0 Å². The monoisotopic (exact) mass is 297 g/mol. The fraction of sp³-hybridized carbons (Fsp3) is 0.533. The van der Waals surface area contributed by atoms with Crippen LogP contribution >= 0.6 is 12.4 Å². The first kappa shape index (κ1) is 16.8. The van der Waals surface area contributed by atoms with E-state index < -0.39 is 0 Å². The van der Waals surface area contributed by atoms with Crippen LogP contribution in [0, 0.1) is 0 Å². The summed E-state index contributed by atoms with van der Waals surface area (Å²) >= 11 is 0. The normalized spacial score (nSPS) is 17.3. The molecule has 20 heavy (non-hydrogen) atoms.